The summed E-state index contributed by atoms with van der Waals surface area (Å²) in [6, 6.07) is 6.02. The van der Waals surface area contributed by atoms with E-state index in [1.54, 1.807) is 11.3 Å². The number of aromatic nitrogens is 1. The van der Waals surface area contributed by atoms with Gasteiger partial charge in [-0.05, 0) is 31.5 Å². The topological polar surface area (TPSA) is 50.9 Å². The number of nitrogens with zero attached hydrogens (tertiary/aromatic N) is 1. The number of aryl methyl sites for hydroxylation is 2. The van der Waals surface area contributed by atoms with Crippen molar-refractivity contribution in [2.45, 2.75) is 20.3 Å². The fourth-order valence-corrected chi connectivity index (χ4v) is 2.32. The number of anilines is 2. The summed E-state index contributed by atoms with van der Waals surface area (Å²) in [6.45, 7) is 4.95. The summed E-state index contributed by atoms with van der Waals surface area (Å²) >= 11 is 1.69. The molecule has 0 atom stereocenters. The summed E-state index contributed by atoms with van der Waals surface area (Å²) in [5.41, 5.74) is 10.1. The van der Waals surface area contributed by atoms with Gasteiger partial charge in [-0.3, -0.25) is 0 Å². The zero-order chi connectivity index (χ0) is 12.3. The van der Waals surface area contributed by atoms with E-state index in [1.807, 2.05) is 19.1 Å². The summed E-state index contributed by atoms with van der Waals surface area (Å²) in [5, 5.41) is 6.58. The Labute approximate surface area is 106 Å². The van der Waals surface area contributed by atoms with Crippen LogP contribution in [0.15, 0.2) is 23.6 Å². The van der Waals surface area contributed by atoms with Crippen molar-refractivity contribution in [3.05, 3.63) is 39.8 Å². The van der Waals surface area contributed by atoms with Crippen LogP contribution in [0, 0.1) is 13.8 Å². The largest absolute Gasteiger partial charge is 0.397 e. The quantitative estimate of drug-likeness (QED) is 0.817. The van der Waals surface area contributed by atoms with Crippen LogP contribution in [-0.4, -0.2) is 11.5 Å². The molecular formula is C13H17N3S. The van der Waals surface area contributed by atoms with Gasteiger partial charge in [0.2, 0.25) is 0 Å². The van der Waals surface area contributed by atoms with Crippen molar-refractivity contribution in [2.24, 2.45) is 0 Å². The third kappa shape index (κ3) is 3.20. The lowest BCUT2D eigenvalue weighted by Crippen LogP contribution is -2.07. The molecule has 0 unspecified atom stereocenters. The van der Waals surface area contributed by atoms with Crippen molar-refractivity contribution in [3.8, 4) is 0 Å². The molecule has 1 aromatic heterocycles. The lowest BCUT2D eigenvalue weighted by Gasteiger charge is -2.09. The van der Waals surface area contributed by atoms with Gasteiger partial charge in [-0.1, -0.05) is 6.07 Å². The molecule has 0 aliphatic carbocycles. The molecule has 3 N–H and O–H groups in total. The zero-order valence-electron chi connectivity index (χ0n) is 10.2. The Morgan fingerprint density at radius 1 is 1.35 bits per heavy atom. The van der Waals surface area contributed by atoms with Gasteiger partial charge in [0, 0.05) is 18.3 Å². The van der Waals surface area contributed by atoms with Crippen LogP contribution in [0.25, 0.3) is 0 Å². The molecule has 0 fully saturated rings. The van der Waals surface area contributed by atoms with E-state index in [1.165, 1.54) is 5.56 Å². The Bertz CT molecular complexity index is 505. The molecule has 0 aliphatic rings. The molecule has 0 aliphatic heterocycles. The van der Waals surface area contributed by atoms with Crippen LogP contribution in [0.4, 0.5) is 11.4 Å². The molecule has 0 saturated carbocycles. The van der Waals surface area contributed by atoms with Gasteiger partial charge in [-0.2, -0.15) is 0 Å². The maximum absolute atomic E-state index is 5.90. The number of benzene rings is 1. The van der Waals surface area contributed by atoms with Crippen LogP contribution in [-0.2, 0) is 6.42 Å². The second kappa shape index (κ2) is 5.19. The van der Waals surface area contributed by atoms with Crippen molar-refractivity contribution in [1.29, 1.82) is 0 Å². The van der Waals surface area contributed by atoms with Crippen molar-refractivity contribution in [1.82, 2.24) is 4.98 Å². The first-order valence-corrected chi connectivity index (χ1v) is 6.54. The molecule has 0 saturated heterocycles. The average Bonchev–Trinajstić information content (AvgIpc) is 2.69. The highest BCUT2D eigenvalue weighted by molar-refractivity contribution is 7.09. The van der Waals surface area contributed by atoms with Gasteiger partial charge in [0.25, 0.3) is 0 Å². The van der Waals surface area contributed by atoms with Crippen LogP contribution in [0.1, 0.15) is 16.3 Å². The van der Waals surface area contributed by atoms with Gasteiger partial charge in [0.1, 0.15) is 0 Å². The number of nitrogen functional groups attached to an aromatic ring is 1. The molecule has 2 aromatic rings. The van der Waals surface area contributed by atoms with Crippen LogP contribution >= 0.6 is 11.3 Å². The van der Waals surface area contributed by atoms with E-state index in [2.05, 4.69) is 28.7 Å². The summed E-state index contributed by atoms with van der Waals surface area (Å²) in [4.78, 5) is 4.43. The van der Waals surface area contributed by atoms with Crippen molar-refractivity contribution < 1.29 is 0 Å². The molecule has 17 heavy (non-hydrogen) atoms. The molecule has 1 heterocycles. The summed E-state index contributed by atoms with van der Waals surface area (Å²) in [7, 11) is 0. The first kappa shape index (κ1) is 11.9. The smallest absolute Gasteiger partial charge is 0.0897 e. The van der Waals surface area contributed by atoms with Crippen LogP contribution in [0.3, 0.4) is 0 Å². The van der Waals surface area contributed by atoms with Gasteiger partial charge in [-0.15, -0.1) is 11.3 Å². The molecule has 0 spiro atoms. The number of rotatable bonds is 4. The van der Waals surface area contributed by atoms with Crippen LogP contribution < -0.4 is 11.1 Å². The molecule has 1 aromatic carbocycles. The van der Waals surface area contributed by atoms with E-state index in [0.29, 0.717) is 0 Å². The van der Waals surface area contributed by atoms with Gasteiger partial charge in [-0.25, -0.2) is 4.98 Å². The average molecular weight is 247 g/mol. The fraction of sp³-hybridized carbons (Fsp3) is 0.308. The normalized spacial score (nSPS) is 10.5. The number of thiazole rings is 1. The van der Waals surface area contributed by atoms with Crippen molar-refractivity contribution >= 4 is 22.7 Å². The number of hydrogen-bond donors (Lipinski definition) is 2. The lowest BCUT2D eigenvalue weighted by atomic mass is 10.2. The highest BCUT2D eigenvalue weighted by Gasteiger charge is 2.01. The Hall–Kier alpha value is -1.55. The van der Waals surface area contributed by atoms with Crippen molar-refractivity contribution in [3.63, 3.8) is 0 Å². The van der Waals surface area contributed by atoms with Crippen molar-refractivity contribution in [2.75, 3.05) is 17.6 Å². The molecule has 4 heteroatoms. The molecule has 3 nitrogen and oxygen atoms in total. The van der Waals surface area contributed by atoms with Crippen LogP contribution in [0.2, 0.25) is 0 Å². The number of hydrogen-bond acceptors (Lipinski definition) is 4. The monoisotopic (exact) mass is 247 g/mol. The van der Waals surface area contributed by atoms with Gasteiger partial charge in [0.05, 0.1) is 22.1 Å². The summed E-state index contributed by atoms with van der Waals surface area (Å²) in [6.07, 6.45) is 0.928. The molecule has 0 radical (unpaired) electrons. The summed E-state index contributed by atoms with van der Waals surface area (Å²) < 4.78 is 0. The van der Waals surface area contributed by atoms with Gasteiger partial charge in [0.15, 0.2) is 0 Å². The number of nitrogens with two attached hydrogens (primary N) is 1. The van der Waals surface area contributed by atoms with Crippen LogP contribution in [0.5, 0.6) is 0 Å². The van der Waals surface area contributed by atoms with E-state index < -0.39 is 0 Å². The minimum absolute atomic E-state index is 0.796. The first-order valence-electron chi connectivity index (χ1n) is 5.66. The van der Waals surface area contributed by atoms with Gasteiger partial charge >= 0.3 is 0 Å². The minimum atomic E-state index is 0.796. The third-order valence-corrected chi connectivity index (χ3v) is 3.39. The Morgan fingerprint density at radius 3 is 2.88 bits per heavy atom. The van der Waals surface area contributed by atoms with E-state index in [0.717, 1.165) is 35.0 Å². The van der Waals surface area contributed by atoms with E-state index in [9.17, 15) is 0 Å². The number of nitrogens with one attached hydrogen (secondary N) is 1. The second-order valence-electron chi connectivity index (χ2n) is 4.13. The highest BCUT2D eigenvalue weighted by Crippen LogP contribution is 2.19. The lowest BCUT2D eigenvalue weighted by molar-refractivity contribution is 0.968. The standard InChI is InChI=1S/C13H17N3S/c1-9-3-4-12(14)13(7-9)15-6-5-11-8-17-10(2)16-11/h3-4,7-8,15H,5-6,14H2,1-2H3. The highest BCUT2D eigenvalue weighted by atomic mass is 32.1. The molecular weight excluding hydrogens is 230 g/mol. The van der Waals surface area contributed by atoms with E-state index in [4.69, 9.17) is 5.73 Å². The minimum Gasteiger partial charge on any atom is -0.397 e. The molecule has 90 valence electrons. The predicted molar refractivity (Wildman–Crippen MR) is 74.6 cm³/mol. The molecule has 0 amide bonds. The van der Waals surface area contributed by atoms with E-state index >= 15 is 0 Å². The molecule has 0 bridgehead atoms. The van der Waals surface area contributed by atoms with E-state index in [-0.39, 0.29) is 0 Å². The third-order valence-electron chi connectivity index (χ3n) is 2.57. The second-order valence-corrected chi connectivity index (χ2v) is 5.19. The summed E-state index contributed by atoms with van der Waals surface area (Å²) in [5.74, 6) is 0. The maximum Gasteiger partial charge on any atom is 0.0897 e. The maximum atomic E-state index is 5.90. The Kier molecular flexibility index (Phi) is 3.64. The Morgan fingerprint density at radius 2 is 2.18 bits per heavy atom. The first-order chi connectivity index (χ1) is 8.15. The zero-order valence-corrected chi connectivity index (χ0v) is 11.0. The molecule has 2 rings (SSSR count). The predicted octanol–water partition coefficient (Wildman–Crippen LogP) is 3.00. The Balaban J connectivity index is 1.91. The SMILES string of the molecule is Cc1ccc(N)c(NCCc2csc(C)n2)c1. The van der Waals surface area contributed by atoms with Gasteiger partial charge < -0.3 is 11.1 Å². The fourth-order valence-electron chi connectivity index (χ4n) is 1.67.